The zero-order valence-corrected chi connectivity index (χ0v) is 15.9. The number of carbonyl (C=O) groups excluding carboxylic acids is 1. The van der Waals surface area contributed by atoms with Crippen molar-refractivity contribution in [3.8, 4) is 5.88 Å². The van der Waals surface area contributed by atoms with Gasteiger partial charge in [0.25, 0.3) is 0 Å². The van der Waals surface area contributed by atoms with E-state index in [1.54, 1.807) is 12.1 Å². The van der Waals surface area contributed by atoms with Crippen molar-refractivity contribution >= 4 is 21.6 Å². The first-order valence-corrected chi connectivity index (χ1v) is 10.0. The Bertz CT molecular complexity index is 959. The molecule has 2 heterocycles. The van der Waals surface area contributed by atoms with E-state index in [4.69, 9.17) is 4.74 Å². The zero-order valence-electron chi connectivity index (χ0n) is 15.1. The number of sulfonamides is 1. The van der Waals surface area contributed by atoms with E-state index in [0.29, 0.717) is 30.5 Å². The van der Waals surface area contributed by atoms with E-state index in [2.05, 4.69) is 10.3 Å². The molecule has 7 nitrogen and oxygen atoms in total. The number of ether oxygens (including phenoxy) is 1. The molecule has 0 spiro atoms. The van der Waals surface area contributed by atoms with Gasteiger partial charge in [0, 0.05) is 25.1 Å². The van der Waals surface area contributed by atoms with Crippen LogP contribution in [0.25, 0.3) is 0 Å². The molecule has 1 saturated heterocycles. The summed E-state index contributed by atoms with van der Waals surface area (Å²) < 4.78 is 57.7. The fraction of sp³-hybridized carbons (Fsp3) is 0.333. The number of methoxy groups -OCH3 is 1. The summed E-state index contributed by atoms with van der Waals surface area (Å²) in [6.45, 7) is 0.223. The molecular weight excluding hydrogens is 392 g/mol. The van der Waals surface area contributed by atoms with Crippen molar-refractivity contribution in [3.05, 3.63) is 48.2 Å². The molecule has 0 bridgehead atoms. The third kappa shape index (κ3) is 4.28. The molecule has 3 rings (SSSR count). The molecule has 0 aliphatic carbocycles. The minimum Gasteiger partial charge on any atom is -0.481 e. The quantitative estimate of drug-likeness (QED) is 0.816. The Morgan fingerprint density at radius 1 is 1.18 bits per heavy atom. The van der Waals surface area contributed by atoms with Crippen LogP contribution in [0.2, 0.25) is 0 Å². The molecule has 1 aliphatic rings. The first-order chi connectivity index (χ1) is 13.3. The van der Waals surface area contributed by atoms with Gasteiger partial charge in [-0.2, -0.15) is 4.31 Å². The highest BCUT2D eigenvalue weighted by atomic mass is 32.2. The van der Waals surface area contributed by atoms with Crippen molar-refractivity contribution in [3.63, 3.8) is 0 Å². The summed E-state index contributed by atoms with van der Waals surface area (Å²) in [5.41, 5.74) is 0.516. The standard InChI is InChI=1S/C18H19F2N3O4S/c1-27-17-5-2-13(11-21-17)22-18(24)12-6-8-23(9-7-12)28(25,26)14-3-4-15(19)16(20)10-14/h2-5,10-12H,6-9H2,1H3,(H,22,24). The van der Waals surface area contributed by atoms with Gasteiger partial charge in [-0.1, -0.05) is 0 Å². The van der Waals surface area contributed by atoms with E-state index in [-0.39, 0.29) is 29.8 Å². The lowest BCUT2D eigenvalue weighted by atomic mass is 9.97. The molecule has 1 amide bonds. The molecule has 1 N–H and O–H groups in total. The molecule has 1 aromatic heterocycles. The lowest BCUT2D eigenvalue weighted by Crippen LogP contribution is -2.41. The first-order valence-electron chi connectivity index (χ1n) is 8.57. The maximum absolute atomic E-state index is 13.4. The molecule has 1 fully saturated rings. The van der Waals surface area contributed by atoms with Crippen molar-refractivity contribution < 1.29 is 26.7 Å². The van der Waals surface area contributed by atoms with Gasteiger partial charge in [-0.15, -0.1) is 0 Å². The number of pyridine rings is 1. The van der Waals surface area contributed by atoms with Gasteiger partial charge in [0.2, 0.25) is 21.8 Å². The Labute approximate surface area is 161 Å². The van der Waals surface area contributed by atoms with Crippen molar-refractivity contribution in [2.45, 2.75) is 17.7 Å². The number of aromatic nitrogens is 1. The van der Waals surface area contributed by atoms with Crippen LogP contribution in [0.3, 0.4) is 0 Å². The van der Waals surface area contributed by atoms with Crippen molar-refractivity contribution in [1.82, 2.24) is 9.29 Å². The number of amides is 1. The number of carbonyl (C=O) groups is 1. The van der Waals surface area contributed by atoms with Gasteiger partial charge >= 0.3 is 0 Å². The average Bonchev–Trinajstić information content (AvgIpc) is 2.70. The molecule has 0 radical (unpaired) electrons. The van der Waals surface area contributed by atoms with Crippen LogP contribution in [0.15, 0.2) is 41.4 Å². The number of anilines is 1. The van der Waals surface area contributed by atoms with Gasteiger partial charge in [0.15, 0.2) is 11.6 Å². The summed E-state index contributed by atoms with van der Waals surface area (Å²) in [4.78, 5) is 16.1. The van der Waals surface area contributed by atoms with Crippen LogP contribution in [0.5, 0.6) is 5.88 Å². The van der Waals surface area contributed by atoms with Gasteiger partial charge in [0.1, 0.15) is 0 Å². The predicted molar refractivity (Wildman–Crippen MR) is 97.3 cm³/mol. The highest BCUT2D eigenvalue weighted by molar-refractivity contribution is 7.89. The molecule has 0 atom stereocenters. The van der Waals surface area contributed by atoms with Crippen molar-refractivity contribution in [1.29, 1.82) is 0 Å². The minimum absolute atomic E-state index is 0.111. The van der Waals surface area contributed by atoms with Crippen LogP contribution < -0.4 is 10.1 Å². The Morgan fingerprint density at radius 2 is 1.89 bits per heavy atom. The topological polar surface area (TPSA) is 88.6 Å². The number of piperidine rings is 1. The van der Waals surface area contributed by atoms with E-state index >= 15 is 0 Å². The molecule has 0 saturated carbocycles. The number of benzene rings is 1. The van der Waals surface area contributed by atoms with Crippen molar-refractivity contribution in [2.75, 3.05) is 25.5 Å². The number of nitrogens with one attached hydrogen (secondary N) is 1. The smallest absolute Gasteiger partial charge is 0.243 e. The Kier molecular flexibility index (Phi) is 5.90. The Balaban J connectivity index is 1.61. The fourth-order valence-corrected chi connectivity index (χ4v) is 4.45. The van der Waals surface area contributed by atoms with Crippen molar-refractivity contribution in [2.24, 2.45) is 5.92 Å². The van der Waals surface area contributed by atoms with E-state index < -0.39 is 21.7 Å². The third-order valence-corrected chi connectivity index (χ3v) is 6.46. The molecule has 28 heavy (non-hydrogen) atoms. The van der Waals surface area contributed by atoms with Crippen LogP contribution >= 0.6 is 0 Å². The summed E-state index contributed by atoms with van der Waals surface area (Å²) >= 11 is 0. The van der Waals surface area contributed by atoms with Crippen LogP contribution in [0, 0.1) is 17.6 Å². The second-order valence-electron chi connectivity index (χ2n) is 6.33. The van der Waals surface area contributed by atoms with Gasteiger partial charge in [-0.25, -0.2) is 22.2 Å². The fourth-order valence-electron chi connectivity index (χ4n) is 2.96. The van der Waals surface area contributed by atoms with Gasteiger partial charge in [0.05, 0.1) is 23.9 Å². The lowest BCUT2D eigenvalue weighted by Gasteiger charge is -2.30. The maximum atomic E-state index is 13.4. The summed E-state index contributed by atoms with van der Waals surface area (Å²) in [7, 11) is -2.46. The second-order valence-corrected chi connectivity index (χ2v) is 8.27. The maximum Gasteiger partial charge on any atom is 0.243 e. The molecular formula is C18H19F2N3O4S. The molecule has 2 aromatic rings. The Hall–Kier alpha value is -2.59. The summed E-state index contributed by atoms with van der Waals surface area (Å²) in [5.74, 6) is -2.49. The number of nitrogens with zero attached hydrogens (tertiary/aromatic N) is 2. The van der Waals surface area contributed by atoms with Crippen LogP contribution in [0.4, 0.5) is 14.5 Å². The highest BCUT2D eigenvalue weighted by Crippen LogP contribution is 2.25. The van der Waals surface area contributed by atoms with Crippen LogP contribution in [-0.4, -0.2) is 43.8 Å². The minimum atomic E-state index is -3.95. The SMILES string of the molecule is COc1ccc(NC(=O)C2CCN(S(=O)(=O)c3ccc(F)c(F)c3)CC2)cn1. The predicted octanol–water partition coefficient (Wildman–Crippen LogP) is 2.41. The van der Waals surface area contributed by atoms with Gasteiger partial charge < -0.3 is 10.1 Å². The van der Waals surface area contributed by atoms with Crippen LogP contribution in [-0.2, 0) is 14.8 Å². The number of hydrogen-bond acceptors (Lipinski definition) is 5. The summed E-state index contributed by atoms with van der Waals surface area (Å²) in [6.07, 6.45) is 2.11. The highest BCUT2D eigenvalue weighted by Gasteiger charge is 2.32. The first kappa shape index (κ1) is 20.2. The van der Waals surface area contributed by atoms with E-state index in [0.717, 1.165) is 12.1 Å². The van der Waals surface area contributed by atoms with E-state index in [9.17, 15) is 22.0 Å². The van der Waals surface area contributed by atoms with E-state index in [1.165, 1.54) is 17.6 Å². The van der Waals surface area contributed by atoms with Gasteiger partial charge in [-0.05, 0) is 37.1 Å². The zero-order chi connectivity index (χ0) is 20.3. The van der Waals surface area contributed by atoms with E-state index in [1.807, 2.05) is 0 Å². The monoisotopic (exact) mass is 411 g/mol. The number of rotatable bonds is 5. The normalized spacial score (nSPS) is 16.0. The second kappa shape index (κ2) is 8.19. The summed E-state index contributed by atoms with van der Waals surface area (Å²) in [6, 6.07) is 5.76. The average molecular weight is 411 g/mol. The number of halogens is 2. The largest absolute Gasteiger partial charge is 0.481 e. The lowest BCUT2D eigenvalue weighted by molar-refractivity contribution is -0.120. The molecule has 10 heteroatoms. The Morgan fingerprint density at radius 3 is 2.46 bits per heavy atom. The van der Waals surface area contributed by atoms with Crippen LogP contribution in [0.1, 0.15) is 12.8 Å². The molecule has 150 valence electrons. The summed E-state index contributed by atoms with van der Waals surface area (Å²) in [5, 5.41) is 2.75. The number of hydrogen-bond donors (Lipinski definition) is 1. The molecule has 0 unspecified atom stereocenters. The third-order valence-electron chi connectivity index (χ3n) is 4.57. The van der Waals surface area contributed by atoms with Gasteiger partial charge in [-0.3, -0.25) is 4.79 Å². The molecule has 1 aromatic carbocycles. The molecule has 1 aliphatic heterocycles.